The molecule has 0 aliphatic heterocycles. The Hall–Kier alpha value is -0.800. The van der Waals surface area contributed by atoms with E-state index in [9.17, 15) is 0 Å². The molecule has 0 bridgehead atoms. The highest BCUT2D eigenvalue weighted by molar-refractivity contribution is 5.07. The van der Waals surface area contributed by atoms with Gasteiger partial charge in [-0.25, -0.2) is 0 Å². The summed E-state index contributed by atoms with van der Waals surface area (Å²) in [5, 5.41) is 3.10. The van der Waals surface area contributed by atoms with Gasteiger partial charge in [0.2, 0.25) is 0 Å². The Labute approximate surface area is 73.4 Å². The molecule has 0 spiro atoms. The molecule has 0 aliphatic carbocycles. The van der Waals surface area contributed by atoms with Crippen molar-refractivity contribution in [3.63, 3.8) is 0 Å². The summed E-state index contributed by atoms with van der Waals surface area (Å²) in [4.78, 5) is 3.12. The normalized spacial score (nSPS) is 13.2. The van der Waals surface area contributed by atoms with Crippen LogP contribution >= 0.6 is 0 Å². The maximum Gasteiger partial charge on any atom is 0.0448 e. The number of hydrogen-bond donors (Lipinski definition) is 3. The molecule has 0 radical (unpaired) electrons. The number of aromatic nitrogens is 1. The molecule has 0 saturated carbocycles. The van der Waals surface area contributed by atoms with Crippen LogP contribution in [0.3, 0.4) is 0 Å². The third kappa shape index (κ3) is 2.68. The van der Waals surface area contributed by atoms with E-state index in [-0.39, 0.29) is 6.04 Å². The van der Waals surface area contributed by atoms with E-state index in [0.717, 1.165) is 25.1 Å². The Morgan fingerprint density at radius 1 is 1.67 bits per heavy atom. The lowest BCUT2D eigenvalue weighted by atomic mass is 10.1. The van der Waals surface area contributed by atoms with Crippen molar-refractivity contribution >= 4 is 0 Å². The summed E-state index contributed by atoms with van der Waals surface area (Å²) >= 11 is 0. The second-order valence-electron chi connectivity index (χ2n) is 2.98. The minimum absolute atomic E-state index is 0.161. The summed E-state index contributed by atoms with van der Waals surface area (Å²) in [6.45, 7) is 1.04. The number of nitrogens with one attached hydrogen (secondary N) is 2. The van der Waals surface area contributed by atoms with Gasteiger partial charge in [-0.1, -0.05) is 0 Å². The van der Waals surface area contributed by atoms with Crippen LogP contribution in [-0.4, -0.2) is 18.6 Å². The predicted molar refractivity (Wildman–Crippen MR) is 50.9 cm³/mol. The third-order valence-electron chi connectivity index (χ3n) is 1.96. The van der Waals surface area contributed by atoms with Crippen molar-refractivity contribution < 1.29 is 0 Å². The molecular formula is C9H17N3. The van der Waals surface area contributed by atoms with Gasteiger partial charge in [-0.15, -0.1) is 0 Å². The Morgan fingerprint density at radius 3 is 3.08 bits per heavy atom. The van der Waals surface area contributed by atoms with Crippen LogP contribution in [0.15, 0.2) is 18.3 Å². The van der Waals surface area contributed by atoms with Gasteiger partial charge >= 0.3 is 0 Å². The molecule has 1 aromatic rings. The van der Waals surface area contributed by atoms with Crippen LogP contribution in [0.1, 0.15) is 24.6 Å². The Balaban J connectivity index is 2.25. The van der Waals surface area contributed by atoms with E-state index in [1.54, 1.807) is 0 Å². The molecular weight excluding hydrogens is 150 g/mol. The molecule has 3 heteroatoms. The van der Waals surface area contributed by atoms with Gasteiger partial charge in [-0.05, 0) is 38.6 Å². The molecule has 1 unspecified atom stereocenters. The molecule has 0 fully saturated rings. The van der Waals surface area contributed by atoms with Crippen LogP contribution in [0.2, 0.25) is 0 Å². The van der Waals surface area contributed by atoms with Crippen molar-refractivity contribution in [2.45, 2.75) is 18.9 Å². The molecule has 1 atom stereocenters. The molecule has 0 aliphatic rings. The highest BCUT2D eigenvalue weighted by atomic mass is 14.8. The summed E-state index contributed by atoms with van der Waals surface area (Å²) < 4.78 is 0. The van der Waals surface area contributed by atoms with Crippen molar-refractivity contribution in [3.05, 3.63) is 24.0 Å². The maximum absolute atomic E-state index is 5.92. The molecule has 1 aromatic heterocycles. The first-order valence-electron chi connectivity index (χ1n) is 4.38. The number of rotatable bonds is 5. The van der Waals surface area contributed by atoms with Gasteiger partial charge in [0, 0.05) is 17.9 Å². The zero-order valence-electron chi connectivity index (χ0n) is 7.51. The highest BCUT2D eigenvalue weighted by Gasteiger charge is 2.04. The van der Waals surface area contributed by atoms with Crippen molar-refractivity contribution in [2.24, 2.45) is 5.73 Å². The summed E-state index contributed by atoms with van der Waals surface area (Å²) in [6, 6.07) is 4.17. The van der Waals surface area contributed by atoms with Gasteiger partial charge < -0.3 is 16.0 Å². The van der Waals surface area contributed by atoms with E-state index < -0.39 is 0 Å². The van der Waals surface area contributed by atoms with Crippen LogP contribution in [0, 0.1) is 0 Å². The maximum atomic E-state index is 5.92. The summed E-state index contributed by atoms with van der Waals surface area (Å²) in [7, 11) is 1.96. The first-order valence-corrected chi connectivity index (χ1v) is 4.38. The van der Waals surface area contributed by atoms with E-state index in [4.69, 9.17) is 5.73 Å². The molecule has 0 saturated heterocycles. The van der Waals surface area contributed by atoms with E-state index in [1.165, 1.54) is 0 Å². The van der Waals surface area contributed by atoms with Gasteiger partial charge in [0.15, 0.2) is 0 Å². The minimum Gasteiger partial charge on any atom is -0.364 e. The van der Waals surface area contributed by atoms with E-state index in [0.29, 0.717) is 0 Å². The van der Waals surface area contributed by atoms with Crippen LogP contribution in [0.25, 0.3) is 0 Å². The quantitative estimate of drug-likeness (QED) is 0.573. The molecule has 68 valence electrons. The molecule has 1 rings (SSSR count). The first-order chi connectivity index (χ1) is 5.84. The fourth-order valence-corrected chi connectivity index (χ4v) is 1.23. The Bertz CT molecular complexity index is 194. The van der Waals surface area contributed by atoms with Crippen LogP contribution in [0.5, 0.6) is 0 Å². The second kappa shape index (κ2) is 4.95. The fraction of sp³-hybridized carbons (Fsp3) is 0.556. The number of hydrogen-bond acceptors (Lipinski definition) is 2. The lowest BCUT2D eigenvalue weighted by Crippen LogP contribution is -2.14. The monoisotopic (exact) mass is 167 g/mol. The molecule has 0 aromatic carbocycles. The summed E-state index contributed by atoms with van der Waals surface area (Å²) in [5.41, 5.74) is 7.05. The molecule has 1 heterocycles. The van der Waals surface area contributed by atoms with E-state index >= 15 is 0 Å². The van der Waals surface area contributed by atoms with Gasteiger partial charge in [0.05, 0.1) is 0 Å². The first kappa shape index (κ1) is 9.29. The van der Waals surface area contributed by atoms with Crippen LogP contribution < -0.4 is 11.1 Å². The molecule has 3 nitrogen and oxygen atoms in total. The van der Waals surface area contributed by atoms with Crippen LogP contribution in [-0.2, 0) is 0 Å². The second-order valence-corrected chi connectivity index (χ2v) is 2.98. The standard InChI is InChI=1S/C9H17N3/c1-11-6-2-4-8(10)9-5-3-7-12-9/h3,5,7-8,11-12H,2,4,6,10H2,1H3. The number of H-pyrrole nitrogens is 1. The van der Waals surface area contributed by atoms with Gasteiger partial charge in [-0.2, -0.15) is 0 Å². The molecule has 0 amide bonds. The van der Waals surface area contributed by atoms with E-state index in [2.05, 4.69) is 10.3 Å². The SMILES string of the molecule is CNCCCC(N)c1ccc[nH]1. The minimum atomic E-state index is 0.161. The van der Waals surface area contributed by atoms with Gasteiger partial charge in [-0.3, -0.25) is 0 Å². The Kier molecular flexibility index (Phi) is 3.84. The molecule has 12 heavy (non-hydrogen) atoms. The van der Waals surface area contributed by atoms with Crippen molar-refractivity contribution in [1.29, 1.82) is 0 Å². The van der Waals surface area contributed by atoms with Gasteiger partial charge in [0.25, 0.3) is 0 Å². The largest absolute Gasteiger partial charge is 0.364 e. The van der Waals surface area contributed by atoms with Crippen molar-refractivity contribution in [3.8, 4) is 0 Å². The average Bonchev–Trinajstić information content (AvgIpc) is 2.56. The predicted octanol–water partition coefficient (Wildman–Crippen LogP) is 1.01. The summed E-state index contributed by atoms with van der Waals surface area (Å²) in [6.07, 6.45) is 4.06. The lowest BCUT2D eigenvalue weighted by molar-refractivity contribution is 0.582. The van der Waals surface area contributed by atoms with Crippen LogP contribution in [0.4, 0.5) is 0 Å². The Morgan fingerprint density at radius 2 is 2.50 bits per heavy atom. The smallest absolute Gasteiger partial charge is 0.0448 e. The number of nitrogens with two attached hydrogens (primary N) is 1. The zero-order chi connectivity index (χ0) is 8.81. The average molecular weight is 167 g/mol. The lowest BCUT2D eigenvalue weighted by Gasteiger charge is -2.08. The number of aromatic amines is 1. The van der Waals surface area contributed by atoms with Crippen molar-refractivity contribution in [1.82, 2.24) is 10.3 Å². The third-order valence-corrected chi connectivity index (χ3v) is 1.96. The molecule has 4 N–H and O–H groups in total. The highest BCUT2D eigenvalue weighted by Crippen LogP contribution is 2.12. The fourth-order valence-electron chi connectivity index (χ4n) is 1.23. The van der Waals surface area contributed by atoms with Gasteiger partial charge in [0.1, 0.15) is 0 Å². The summed E-state index contributed by atoms with van der Waals surface area (Å²) in [5.74, 6) is 0. The van der Waals surface area contributed by atoms with E-state index in [1.807, 2.05) is 25.4 Å². The van der Waals surface area contributed by atoms with Crippen molar-refractivity contribution in [2.75, 3.05) is 13.6 Å². The zero-order valence-corrected chi connectivity index (χ0v) is 7.51. The topological polar surface area (TPSA) is 53.8 Å².